The van der Waals surface area contributed by atoms with E-state index in [-0.39, 0.29) is 0 Å². The predicted molar refractivity (Wildman–Crippen MR) is 71.3 cm³/mol. The third-order valence-corrected chi connectivity index (χ3v) is 3.87. The second-order valence-electron chi connectivity index (χ2n) is 4.37. The van der Waals surface area contributed by atoms with Crippen LogP contribution in [-0.4, -0.2) is 6.04 Å². The second-order valence-corrected chi connectivity index (χ2v) is 5.23. The average molecular weight is 278 g/mol. The SMILES string of the molecule is C#CCC(C)NC1CCc2c(Br)cccc21. The van der Waals surface area contributed by atoms with Gasteiger partial charge in [-0.3, -0.25) is 0 Å². The van der Waals surface area contributed by atoms with Crippen LogP contribution in [0.25, 0.3) is 0 Å². The van der Waals surface area contributed by atoms with Gasteiger partial charge in [0, 0.05) is 23.0 Å². The van der Waals surface area contributed by atoms with Crippen LogP contribution < -0.4 is 5.32 Å². The largest absolute Gasteiger partial charge is 0.306 e. The van der Waals surface area contributed by atoms with E-state index in [0.717, 1.165) is 12.8 Å². The zero-order valence-electron chi connectivity index (χ0n) is 9.46. The molecule has 0 saturated heterocycles. The fourth-order valence-electron chi connectivity index (χ4n) is 2.36. The minimum atomic E-state index is 0.389. The van der Waals surface area contributed by atoms with Gasteiger partial charge in [-0.05, 0) is 37.0 Å². The van der Waals surface area contributed by atoms with E-state index in [4.69, 9.17) is 6.42 Å². The van der Waals surface area contributed by atoms with E-state index in [1.54, 1.807) is 0 Å². The number of rotatable bonds is 3. The maximum atomic E-state index is 5.32. The van der Waals surface area contributed by atoms with E-state index in [1.165, 1.54) is 22.0 Å². The molecule has 1 N–H and O–H groups in total. The van der Waals surface area contributed by atoms with Gasteiger partial charge in [0.15, 0.2) is 0 Å². The van der Waals surface area contributed by atoms with E-state index in [2.05, 4.69) is 52.3 Å². The lowest BCUT2D eigenvalue weighted by Crippen LogP contribution is -2.28. The fourth-order valence-corrected chi connectivity index (χ4v) is 2.94. The summed E-state index contributed by atoms with van der Waals surface area (Å²) in [5.41, 5.74) is 2.88. The summed E-state index contributed by atoms with van der Waals surface area (Å²) in [6, 6.07) is 7.30. The average Bonchev–Trinajstić information content (AvgIpc) is 2.64. The number of nitrogens with one attached hydrogen (secondary N) is 1. The Kier molecular flexibility index (Phi) is 3.68. The first kappa shape index (κ1) is 11.7. The van der Waals surface area contributed by atoms with E-state index < -0.39 is 0 Å². The molecular formula is C14H16BrN. The minimum Gasteiger partial charge on any atom is -0.306 e. The van der Waals surface area contributed by atoms with Crippen LogP contribution in [0.1, 0.15) is 36.9 Å². The molecule has 1 aliphatic carbocycles. The molecule has 0 aromatic heterocycles. The molecule has 0 amide bonds. The van der Waals surface area contributed by atoms with Gasteiger partial charge < -0.3 is 5.32 Å². The highest BCUT2D eigenvalue weighted by Gasteiger charge is 2.24. The Balaban J connectivity index is 2.12. The molecule has 0 bridgehead atoms. The standard InChI is InChI=1S/C14H16BrN/c1-3-5-10(2)16-14-9-8-11-12(14)6-4-7-13(11)15/h1,4,6-7,10,14,16H,5,8-9H2,2H3. The minimum absolute atomic E-state index is 0.389. The molecular weight excluding hydrogens is 262 g/mol. The van der Waals surface area contributed by atoms with Gasteiger partial charge in [0.2, 0.25) is 0 Å². The van der Waals surface area contributed by atoms with E-state index in [0.29, 0.717) is 12.1 Å². The van der Waals surface area contributed by atoms with Crippen LogP contribution >= 0.6 is 15.9 Å². The summed E-state index contributed by atoms with van der Waals surface area (Å²) in [5, 5.41) is 3.60. The van der Waals surface area contributed by atoms with Crippen molar-refractivity contribution in [2.45, 2.75) is 38.3 Å². The zero-order valence-corrected chi connectivity index (χ0v) is 11.0. The van der Waals surface area contributed by atoms with Crippen molar-refractivity contribution in [1.29, 1.82) is 0 Å². The van der Waals surface area contributed by atoms with Crippen molar-refractivity contribution >= 4 is 15.9 Å². The molecule has 1 aromatic rings. The number of benzene rings is 1. The summed E-state index contributed by atoms with van der Waals surface area (Å²) >= 11 is 3.61. The lowest BCUT2D eigenvalue weighted by Gasteiger charge is -2.18. The Bertz CT molecular complexity index is 419. The van der Waals surface area contributed by atoms with Crippen LogP contribution in [0.4, 0.5) is 0 Å². The van der Waals surface area contributed by atoms with Crippen molar-refractivity contribution in [1.82, 2.24) is 5.32 Å². The van der Waals surface area contributed by atoms with Crippen molar-refractivity contribution in [3.8, 4) is 12.3 Å². The summed E-state index contributed by atoms with van der Waals surface area (Å²) in [6.07, 6.45) is 8.44. The summed E-state index contributed by atoms with van der Waals surface area (Å²) in [7, 11) is 0. The molecule has 0 radical (unpaired) electrons. The molecule has 0 heterocycles. The van der Waals surface area contributed by atoms with Crippen LogP contribution in [0, 0.1) is 12.3 Å². The highest BCUT2D eigenvalue weighted by molar-refractivity contribution is 9.10. The number of hydrogen-bond donors (Lipinski definition) is 1. The summed E-state index contributed by atoms with van der Waals surface area (Å²) < 4.78 is 1.24. The Morgan fingerprint density at radius 2 is 2.44 bits per heavy atom. The number of hydrogen-bond acceptors (Lipinski definition) is 1. The second kappa shape index (κ2) is 5.03. The quantitative estimate of drug-likeness (QED) is 0.835. The van der Waals surface area contributed by atoms with Crippen molar-refractivity contribution in [3.63, 3.8) is 0 Å². The van der Waals surface area contributed by atoms with Crippen molar-refractivity contribution in [3.05, 3.63) is 33.8 Å². The van der Waals surface area contributed by atoms with Gasteiger partial charge >= 0.3 is 0 Å². The molecule has 2 rings (SSSR count). The summed E-state index contributed by atoms with van der Waals surface area (Å²) in [4.78, 5) is 0. The number of fused-ring (bicyclic) bond motifs is 1. The van der Waals surface area contributed by atoms with Crippen LogP contribution in [0.2, 0.25) is 0 Å². The molecule has 0 saturated carbocycles. The Labute approximate surface area is 106 Å². The third-order valence-electron chi connectivity index (χ3n) is 3.12. The zero-order chi connectivity index (χ0) is 11.5. The van der Waals surface area contributed by atoms with Crippen molar-refractivity contribution in [2.24, 2.45) is 0 Å². The topological polar surface area (TPSA) is 12.0 Å². The molecule has 2 unspecified atom stereocenters. The highest BCUT2D eigenvalue weighted by Crippen LogP contribution is 2.35. The van der Waals surface area contributed by atoms with Crippen LogP contribution in [0.15, 0.2) is 22.7 Å². The molecule has 0 spiro atoms. The molecule has 84 valence electrons. The summed E-state index contributed by atoms with van der Waals surface area (Å²) in [6.45, 7) is 2.15. The van der Waals surface area contributed by atoms with Gasteiger partial charge in [-0.1, -0.05) is 28.1 Å². The van der Waals surface area contributed by atoms with Crippen LogP contribution in [-0.2, 0) is 6.42 Å². The third kappa shape index (κ3) is 2.31. The van der Waals surface area contributed by atoms with Crippen molar-refractivity contribution < 1.29 is 0 Å². The van der Waals surface area contributed by atoms with Gasteiger partial charge in [0.05, 0.1) is 0 Å². The molecule has 2 atom stereocenters. The van der Waals surface area contributed by atoms with E-state index in [9.17, 15) is 0 Å². The first-order valence-electron chi connectivity index (χ1n) is 5.69. The van der Waals surface area contributed by atoms with Gasteiger partial charge in [0.25, 0.3) is 0 Å². The molecule has 1 aromatic carbocycles. The molecule has 0 fully saturated rings. The fraction of sp³-hybridized carbons (Fsp3) is 0.429. The van der Waals surface area contributed by atoms with Crippen molar-refractivity contribution in [2.75, 3.05) is 0 Å². The Hall–Kier alpha value is -0.780. The van der Waals surface area contributed by atoms with Gasteiger partial charge in [-0.2, -0.15) is 0 Å². The Morgan fingerprint density at radius 1 is 1.62 bits per heavy atom. The number of terminal acetylenes is 1. The summed E-state index contributed by atoms with van der Waals surface area (Å²) in [5.74, 6) is 2.71. The molecule has 1 aliphatic rings. The first-order valence-corrected chi connectivity index (χ1v) is 6.48. The van der Waals surface area contributed by atoms with Crippen LogP contribution in [0.5, 0.6) is 0 Å². The molecule has 16 heavy (non-hydrogen) atoms. The molecule has 2 heteroatoms. The van der Waals surface area contributed by atoms with E-state index >= 15 is 0 Å². The Morgan fingerprint density at radius 3 is 3.19 bits per heavy atom. The molecule has 1 nitrogen and oxygen atoms in total. The maximum absolute atomic E-state index is 5.32. The predicted octanol–water partition coefficient (Wildman–Crippen LogP) is 3.44. The van der Waals surface area contributed by atoms with Crippen LogP contribution in [0.3, 0.4) is 0 Å². The smallest absolute Gasteiger partial charge is 0.0329 e. The molecule has 0 aliphatic heterocycles. The van der Waals surface area contributed by atoms with Gasteiger partial charge in [-0.15, -0.1) is 12.3 Å². The monoisotopic (exact) mass is 277 g/mol. The first-order chi connectivity index (χ1) is 7.72. The normalized spacial score (nSPS) is 20.2. The van der Waals surface area contributed by atoms with Gasteiger partial charge in [-0.25, -0.2) is 0 Å². The maximum Gasteiger partial charge on any atom is 0.0329 e. The lowest BCUT2D eigenvalue weighted by molar-refractivity contribution is 0.459. The lowest BCUT2D eigenvalue weighted by atomic mass is 10.1. The van der Waals surface area contributed by atoms with Gasteiger partial charge in [0.1, 0.15) is 0 Å². The highest BCUT2D eigenvalue weighted by atomic mass is 79.9. The number of halogens is 1. The van der Waals surface area contributed by atoms with E-state index in [1.807, 2.05) is 0 Å².